The zero-order valence-corrected chi connectivity index (χ0v) is 12.5. The zero-order valence-electron chi connectivity index (χ0n) is 12.5. The van der Waals surface area contributed by atoms with Crippen LogP contribution in [0.1, 0.15) is 56.6 Å². The molecule has 0 bridgehead atoms. The lowest BCUT2D eigenvalue weighted by atomic mass is 9.78. The first-order chi connectivity index (χ1) is 9.11. The minimum Gasteiger partial charge on any atom is -0.327 e. The molecule has 0 saturated heterocycles. The molecule has 0 heterocycles. The van der Waals surface area contributed by atoms with Crippen LogP contribution in [0.25, 0.3) is 0 Å². The Morgan fingerprint density at radius 3 is 2.16 bits per heavy atom. The summed E-state index contributed by atoms with van der Waals surface area (Å²) < 4.78 is 0. The van der Waals surface area contributed by atoms with Gasteiger partial charge in [0.2, 0.25) is 0 Å². The fourth-order valence-electron chi connectivity index (χ4n) is 3.55. The Morgan fingerprint density at radius 1 is 1.11 bits per heavy atom. The fraction of sp³-hybridized carbons (Fsp3) is 0.588. The van der Waals surface area contributed by atoms with Crippen molar-refractivity contribution in [3.8, 4) is 0 Å². The van der Waals surface area contributed by atoms with Crippen LogP contribution in [0.2, 0.25) is 0 Å². The van der Waals surface area contributed by atoms with E-state index in [0.29, 0.717) is 0 Å². The van der Waals surface area contributed by atoms with E-state index in [2.05, 4.69) is 43.9 Å². The molecule has 1 saturated carbocycles. The molecule has 1 fully saturated rings. The van der Waals surface area contributed by atoms with Gasteiger partial charge in [-0.2, -0.15) is 0 Å². The van der Waals surface area contributed by atoms with Gasteiger partial charge in [0.25, 0.3) is 0 Å². The molecule has 0 radical (unpaired) electrons. The molecular formula is C17H26N2. The van der Waals surface area contributed by atoms with E-state index in [9.17, 15) is 0 Å². The van der Waals surface area contributed by atoms with Crippen molar-refractivity contribution in [2.45, 2.75) is 64.8 Å². The predicted molar refractivity (Wildman–Crippen MR) is 83.3 cm³/mol. The molecule has 1 N–H and O–H groups in total. The third-order valence-corrected chi connectivity index (χ3v) is 4.57. The Balaban J connectivity index is 2.39. The first-order valence-electron chi connectivity index (χ1n) is 7.49. The number of nitrogens with one attached hydrogen (secondary N) is 1. The van der Waals surface area contributed by atoms with Crippen molar-refractivity contribution in [2.75, 3.05) is 4.90 Å². The lowest BCUT2D eigenvalue weighted by Gasteiger charge is -2.45. The average molecular weight is 258 g/mol. The van der Waals surface area contributed by atoms with Crippen molar-refractivity contribution in [3.63, 3.8) is 0 Å². The van der Waals surface area contributed by atoms with Crippen molar-refractivity contribution < 1.29 is 0 Å². The number of aryl methyl sites for hydroxylation is 2. The van der Waals surface area contributed by atoms with Crippen LogP contribution >= 0.6 is 0 Å². The topological polar surface area (TPSA) is 27.1 Å². The quantitative estimate of drug-likeness (QED) is 0.608. The van der Waals surface area contributed by atoms with Gasteiger partial charge in [-0.05, 0) is 56.4 Å². The minimum absolute atomic E-state index is 0.167. The van der Waals surface area contributed by atoms with E-state index in [1.807, 2.05) is 0 Å². The molecule has 1 aliphatic carbocycles. The van der Waals surface area contributed by atoms with Gasteiger partial charge in [0, 0.05) is 11.2 Å². The lowest BCUT2D eigenvalue weighted by Crippen LogP contribution is -2.49. The van der Waals surface area contributed by atoms with Crippen LogP contribution in [0.3, 0.4) is 0 Å². The van der Waals surface area contributed by atoms with Crippen LogP contribution in [-0.2, 0) is 0 Å². The summed E-state index contributed by atoms with van der Waals surface area (Å²) in [5, 5.41) is 7.90. The second-order valence-electron chi connectivity index (χ2n) is 5.98. The van der Waals surface area contributed by atoms with Gasteiger partial charge in [0.05, 0.1) is 6.34 Å². The van der Waals surface area contributed by atoms with E-state index in [-0.39, 0.29) is 5.54 Å². The van der Waals surface area contributed by atoms with E-state index in [1.54, 1.807) is 6.34 Å². The van der Waals surface area contributed by atoms with Crippen molar-refractivity contribution in [2.24, 2.45) is 0 Å². The molecule has 0 atom stereocenters. The Kier molecular flexibility index (Phi) is 4.28. The van der Waals surface area contributed by atoms with Crippen LogP contribution in [-0.4, -0.2) is 11.9 Å². The molecule has 0 aliphatic heterocycles. The molecule has 0 aromatic heterocycles. The Labute approximate surface area is 117 Å². The van der Waals surface area contributed by atoms with E-state index < -0.39 is 0 Å². The Morgan fingerprint density at radius 2 is 1.68 bits per heavy atom. The molecule has 0 unspecified atom stereocenters. The summed E-state index contributed by atoms with van der Waals surface area (Å²) in [5.74, 6) is 0. The summed E-state index contributed by atoms with van der Waals surface area (Å²) in [6.45, 7) is 6.54. The maximum absolute atomic E-state index is 7.90. The summed E-state index contributed by atoms with van der Waals surface area (Å²) in [4.78, 5) is 2.23. The maximum Gasteiger partial charge on any atom is 0.0867 e. The summed E-state index contributed by atoms with van der Waals surface area (Å²) in [6, 6.07) is 6.62. The predicted octanol–water partition coefficient (Wildman–Crippen LogP) is 4.83. The molecule has 2 heteroatoms. The van der Waals surface area contributed by atoms with Gasteiger partial charge < -0.3 is 4.90 Å². The van der Waals surface area contributed by atoms with Crippen molar-refractivity contribution >= 4 is 12.0 Å². The zero-order chi connectivity index (χ0) is 13.9. The lowest BCUT2D eigenvalue weighted by molar-refractivity contribution is 0.289. The van der Waals surface area contributed by atoms with Crippen molar-refractivity contribution in [1.29, 1.82) is 5.41 Å². The summed E-state index contributed by atoms with van der Waals surface area (Å²) in [6.07, 6.45) is 9.03. The number of nitrogens with zero attached hydrogens (tertiary/aromatic N) is 1. The summed E-state index contributed by atoms with van der Waals surface area (Å²) in [7, 11) is 0. The third-order valence-electron chi connectivity index (χ3n) is 4.57. The van der Waals surface area contributed by atoms with Crippen LogP contribution in [0.15, 0.2) is 18.2 Å². The number of hydrogen-bond acceptors (Lipinski definition) is 1. The highest BCUT2D eigenvalue weighted by Crippen LogP contribution is 2.38. The van der Waals surface area contributed by atoms with E-state index in [1.165, 1.54) is 48.9 Å². The van der Waals surface area contributed by atoms with Crippen LogP contribution in [0, 0.1) is 19.3 Å². The molecule has 0 amide bonds. The molecule has 2 rings (SSSR count). The fourth-order valence-corrected chi connectivity index (χ4v) is 3.55. The average Bonchev–Trinajstić information content (AvgIpc) is 2.39. The van der Waals surface area contributed by atoms with Crippen molar-refractivity contribution in [1.82, 2.24) is 0 Å². The SMILES string of the molecule is CCC1(N(C=N)c2cc(C)cc(C)c2)CCCCC1. The standard InChI is InChI=1S/C17H26N2/c1-4-17(8-6-5-7-9-17)19(13-18)16-11-14(2)10-15(3)12-16/h10-13,18H,4-9H2,1-3H3. The number of hydrogen-bond donors (Lipinski definition) is 1. The van der Waals surface area contributed by atoms with Gasteiger partial charge in [0.1, 0.15) is 0 Å². The van der Waals surface area contributed by atoms with Gasteiger partial charge >= 0.3 is 0 Å². The summed E-state index contributed by atoms with van der Waals surface area (Å²) >= 11 is 0. The molecule has 2 nitrogen and oxygen atoms in total. The molecular weight excluding hydrogens is 232 g/mol. The largest absolute Gasteiger partial charge is 0.327 e. The number of rotatable bonds is 4. The third kappa shape index (κ3) is 2.83. The molecule has 1 aromatic carbocycles. The van der Waals surface area contributed by atoms with Gasteiger partial charge in [-0.15, -0.1) is 0 Å². The molecule has 1 aliphatic rings. The van der Waals surface area contributed by atoms with Crippen LogP contribution in [0.4, 0.5) is 5.69 Å². The van der Waals surface area contributed by atoms with Gasteiger partial charge in [-0.25, -0.2) is 0 Å². The van der Waals surface area contributed by atoms with Gasteiger partial charge in [-0.3, -0.25) is 5.41 Å². The highest BCUT2D eigenvalue weighted by Gasteiger charge is 2.35. The first-order valence-corrected chi connectivity index (χ1v) is 7.49. The molecule has 1 aromatic rings. The van der Waals surface area contributed by atoms with Crippen molar-refractivity contribution in [3.05, 3.63) is 29.3 Å². The second kappa shape index (κ2) is 5.77. The normalized spacial score (nSPS) is 18.1. The molecule has 104 valence electrons. The Hall–Kier alpha value is -1.31. The molecule has 0 spiro atoms. The monoisotopic (exact) mass is 258 g/mol. The second-order valence-corrected chi connectivity index (χ2v) is 5.98. The number of benzene rings is 1. The maximum atomic E-state index is 7.90. The minimum atomic E-state index is 0.167. The highest BCUT2D eigenvalue weighted by molar-refractivity contribution is 5.79. The summed E-state index contributed by atoms with van der Waals surface area (Å²) in [5.41, 5.74) is 3.92. The Bertz CT molecular complexity index is 424. The van der Waals surface area contributed by atoms with E-state index in [0.717, 1.165) is 6.42 Å². The van der Waals surface area contributed by atoms with E-state index >= 15 is 0 Å². The first kappa shape index (κ1) is 14.1. The highest BCUT2D eigenvalue weighted by atomic mass is 15.2. The van der Waals surface area contributed by atoms with Gasteiger partial charge in [-0.1, -0.05) is 32.3 Å². The molecule has 19 heavy (non-hydrogen) atoms. The number of anilines is 1. The smallest absolute Gasteiger partial charge is 0.0867 e. The van der Waals surface area contributed by atoms with Crippen LogP contribution in [0.5, 0.6) is 0 Å². The van der Waals surface area contributed by atoms with Gasteiger partial charge in [0.15, 0.2) is 0 Å². The van der Waals surface area contributed by atoms with E-state index in [4.69, 9.17) is 5.41 Å². The van der Waals surface area contributed by atoms with Crippen LogP contribution < -0.4 is 4.90 Å².